The number of rotatable bonds is 8. The first-order chi connectivity index (χ1) is 17.7. The van der Waals surface area contributed by atoms with Gasteiger partial charge in [-0.25, -0.2) is 13.9 Å². The van der Waals surface area contributed by atoms with Crippen molar-refractivity contribution in [3.05, 3.63) is 90.0 Å². The molecule has 206 valence electrons. The van der Waals surface area contributed by atoms with Crippen LogP contribution < -0.4 is 15.2 Å². The van der Waals surface area contributed by atoms with Gasteiger partial charge in [-0.1, -0.05) is 54.6 Å². The number of halogens is 4. The first kappa shape index (κ1) is 30.4. The Morgan fingerprint density at radius 2 is 1.55 bits per heavy atom. The maximum atomic E-state index is 12.9. The summed E-state index contributed by atoms with van der Waals surface area (Å²) < 4.78 is 48.5. The minimum Gasteiger partial charge on any atom is -0.444 e. The molecular formula is C26H33BF4N4O3. The number of carbonyl (C=O) groups excluding carboxylic acids is 2. The number of benzene rings is 2. The minimum absolute atomic E-state index is 0.256. The van der Waals surface area contributed by atoms with Crippen LogP contribution >= 0.6 is 0 Å². The fraction of sp³-hybridized carbons (Fsp3) is 0.346. The summed E-state index contributed by atoms with van der Waals surface area (Å²) >= 11 is 0. The average Bonchev–Trinajstić information content (AvgIpc) is 3.21. The number of aryl methyl sites for hydroxylation is 1. The minimum atomic E-state index is -6.00. The van der Waals surface area contributed by atoms with E-state index >= 15 is 0 Å². The standard InChI is InChI=1S/C26H32N4O3.BF4/c1-26(2,3)33-25(32)28-23(16-20-8-6-5-7-9-20)24(31)27-17-21-10-12-22(13-11-21)18-30-15-14-29(4)19-30;2-1(3,4)5/h5-15,19,23H,16-18H2,1-4H3,(H-,27,28,31,32);/q;-1/p+1/t23-;/m0./s1. The van der Waals surface area contributed by atoms with Crippen LogP contribution in [0.1, 0.15) is 37.5 Å². The molecule has 1 atom stereocenters. The van der Waals surface area contributed by atoms with Crippen LogP contribution in [-0.2, 0) is 36.1 Å². The topological polar surface area (TPSA) is 76.2 Å². The fourth-order valence-corrected chi connectivity index (χ4v) is 3.39. The van der Waals surface area contributed by atoms with E-state index in [4.69, 9.17) is 4.74 Å². The first-order valence-electron chi connectivity index (χ1n) is 12.0. The van der Waals surface area contributed by atoms with E-state index in [1.807, 2.05) is 72.8 Å². The predicted octanol–water partition coefficient (Wildman–Crippen LogP) is 4.41. The third-order valence-electron chi connectivity index (χ3n) is 4.97. The predicted molar refractivity (Wildman–Crippen MR) is 136 cm³/mol. The summed E-state index contributed by atoms with van der Waals surface area (Å²) in [5.74, 6) is -0.256. The number of amides is 2. The first-order valence-corrected chi connectivity index (χ1v) is 12.0. The highest BCUT2D eigenvalue weighted by molar-refractivity contribution is 6.50. The lowest BCUT2D eigenvalue weighted by Crippen LogP contribution is -2.49. The summed E-state index contributed by atoms with van der Waals surface area (Å²) in [4.78, 5) is 25.3. The number of nitrogens with one attached hydrogen (secondary N) is 2. The molecule has 2 N–H and O–H groups in total. The average molecular weight is 536 g/mol. The lowest BCUT2D eigenvalue weighted by Gasteiger charge is -2.23. The van der Waals surface area contributed by atoms with Gasteiger partial charge in [-0.3, -0.25) is 4.79 Å². The molecule has 0 aliphatic rings. The molecule has 0 unspecified atom stereocenters. The number of nitrogens with zero attached hydrogens (tertiary/aromatic N) is 2. The molecule has 0 radical (unpaired) electrons. The van der Waals surface area contributed by atoms with Crippen LogP contribution in [0.5, 0.6) is 0 Å². The van der Waals surface area contributed by atoms with Gasteiger partial charge in [-0.05, 0) is 37.5 Å². The van der Waals surface area contributed by atoms with Gasteiger partial charge in [0.25, 0.3) is 0 Å². The summed E-state index contributed by atoms with van der Waals surface area (Å²) in [7, 11) is -4.01. The second-order valence-electron chi connectivity index (χ2n) is 9.67. The highest BCUT2D eigenvalue weighted by Gasteiger charge is 2.24. The van der Waals surface area contributed by atoms with Crippen LogP contribution in [0.3, 0.4) is 0 Å². The van der Waals surface area contributed by atoms with Crippen LogP contribution in [0, 0.1) is 0 Å². The van der Waals surface area contributed by atoms with Crippen LogP contribution in [-0.4, -0.2) is 35.5 Å². The maximum Gasteiger partial charge on any atom is 0.673 e. The number of alkyl carbamates (subject to hydrolysis) is 1. The molecular weight excluding hydrogens is 503 g/mol. The zero-order valence-corrected chi connectivity index (χ0v) is 21.8. The van der Waals surface area contributed by atoms with Crippen molar-refractivity contribution in [2.24, 2.45) is 7.05 Å². The molecule has 0 bridgehead atoms. The van der Waals surface area contributed by atoms with Gasteiger partial charge in [0.1, 0.15) is 30.6 Å². The Morgan fingerprint density at radius 3 is 2.08 bits per heavy atom. The second kappa shape index (κ2) is 13.6. The number of imidazole rings is 1. The number of carbonyl (C=O) groups is 2. The zero-order chi connectivity index (χ0) is 28.3. The molecule has 0 fully saturated rings. The highest BCUT2D eigenvalue weighted by Crippen LogP contribution is 2.10. The van der Waals surface area contributed by atoms with Crippen molar-refractivity contribution < 1.29 is 36.2 Å². The molecule has 7 nitrogen and oxygen atoms in total. The third-order valence-corrected chi connectivity index (χ3v) is 4.97. The van der Waals surface area contributed by atoms with Gasteiger partial charge in [0, 0.05) is 13.0 Å². The lowest BCUT2D eigenvalue weighted by molar-refractivity contribution is -0.671. The Morgan fingerprint density at radius 1 is 0.974 bits per heavy atom. The van der Waals surface area contributed by atoms with Crippen LogP contribution in [0.4, 0.5) is 22.1 Å². The molecule has 0 saturated heterocycles. The Labute approximate surface area is 219 Å². The molecule has 0 spiro atoms. The Balaban J connectivity index is 0.000000926. The Bertz CT molecular complexity index is 1160. The van der Waals surface area contributed by atoms with Crippen molar-refractivity contribution in [3.63, 3.8) is 0 Å². The molecule has 12 heteroatoms. The summed E-state index contributed by atoms with van der Waals surface area (Å²) in [5, 5.41) is 5.66. The number of aromatic nitrogens is 2. The van der Waals surface area contributed by atoms with E-state index in [0.717, 1.165) is 17.7 Å². The molecule has 3 aromatic rings. The molecule has 1 heterocycles. The van der Waals surface area contributed by atoms with E-state index in [1.54, 1.807) is 20.8 Å². The van der Waals surface area contributed by atoms with Gasteiger partial charge in [0.05, 0.1) is 7.05 Å². The van der Waals surface area contributed by atoms with Crippen molar-refractivity contribution in [1.82, 2.24) is 15.2 Å². The van der Waals surface area contributed by atoms with Crippen molar-refractivity contribution in [2.75, 3.05) is 0 Å². The highest BCUT2D eigenvalue weighted by atomic mass is 19.5. The monoisotopic (exact) mass is 536 g/mol. The molecule has 2 amide bonds. The smallest absolute Gasteiger partial charge is 0.444 e. The van der Waals surface area contributed by atoms with Crippen molar-refractivity contribution >= 4 is 19.3 Å². The molecule has 0 aliphatic heterocycles. The van der Waals surface area contributed by atoms with Crippen molar-refractivity contribution in [3.8, 4) is 0 Å². The van der Waals surface area contributed by atoms with Crippen molar-refractivity contribution in [1.29, 1.82) is 0 Å². The van der Waals surface area contributed by atoms with E-state index in [2.05, 4.69) is 27.3 Å². The van der Waals surface area contributed by atoms with Gasteiger partial charge in [0.2, 0.25) is 12.2 Å². The quantitative estimate of drug-likeness (QED) is 0.255. The molecule has 0 saturated carbocycles. The van der Waals surface area contributed by atoms with Crippen molar-refractivity contribution in [2.45, 2.75) is 51.9 Å². The maximum absolute atomic E-state index is 12.9. The van der Waals surface area contributed by atoms with E-state index in [1.165, 1.54) is 5.56 Å². The van der Waals surface area contributed by atoms with E-state index in [-0.39, 0.29) is 5.91 Å². The SMILES string of the molecule is C[n+]1ccn(Cc2ccc(CNC(=O)[C@H](Cc3ccccc3)NC(=O)OC(C)(C)C)cc2)c1.F[B-](F)(F)F. The number of ether oxygens (including phenoxy) is 1. The summed E-state index contributed by atoms with van der Waals surface area (Å²) in [5.41, 5.74) is 2.48. The van der Waals surface area contributed by atoms with Crippen LogP contribution in [0.25, 0.3) is 0 Å². The van der Waals surface area contributed by atoms with Gasteiger partial charge in [-0.15, -0.1) is 0 Å². The molecule has 2 aromatic carbocycles. The largest absolute Gasteiger partial charge is 0.673 e. The molecule has 0 aliphatic carbocycles. The zero-order valence-electron chi connectivity index (χ0n) is 21.8. The summed E-state index contributed by atoms with van der Waals surface area (Å²) in [6.07, 6.45) is 5.82. The fourth-order valence-electron chi connectivity index (χ4n) is 3.39. The van der Waals surface area contributed by atoms with Gasteiger partial charge in [-0.2, -0.15) is 0 Å². The second-order valence-corrected chi connectivity index (χ2v) is 9.67. The van der Waals surface area contributed by atoms with Gasteiger partial charge < -0.3 is 32.6 Å². The Hall–Kier alpha value is -3.83. The van der Waals surface area contributed by atoms with E-state index in [9.17, 15) is 26.9 Å². The lowest BCUT2D eigenvalue weighted by atomic mass is 10.1. The number of hydrogen-bond acceptors (Lipinski definition) is 3. The van der Waals surface area contributed by atoms with E-state index in [0.29, 0.717) is 13.0 Å². The van der Waals surface area contributed by atoms with E-state index < -0.39 is 25.0 Å². The number of hydrogen-bond donors (Lipinski definition) is 2. The van der Waals surface area contributed by atoms with Gasteiger partial charge >= 0.3 is 13.3 Å². The van der Waals surface area contributed by atoms with Gasteiger partial charge in [0.15, 0.2) is 0 Å². The Kier molecular flexibility index (Phi) is 10.9. The normalized spacial score (nSPS) is 12.1. The van der Waals surface area contributed by atoms with Crippen LogP contribution in [0.2, 0.25) is 0 Å². The van der Waals surface area contributed by atoms with Crippen LogP contribution in [0.15, 0.2) is 73.3 Å². The summed E-state index contributed by atoms with van der Waals surface area (Å²) in [6.45, 7) is 6.53. The summed E-state index contributed by atoms with van der Waals surface area (Å²) in [6, 6.07) is 17.0. The molecule has 1 aromatic heterocycles. The molecule has 38 heavy (non-hydrogen) atoms. The molecule has 3 rings (SSSR count). The third kappa shape index (κ3) is 12.9.